The van der Waals surface area contributed by atoms with Crippen molar-refractivity contribution in [1.29, 1.82) is 0 Å². The van der Waals surface area contributed by atoms with E-state index >= 15 is 0 Å². The molecule has 0 heterocycles. The van der Waals surface area contributed by atoms with Crippen molar-refractivity contribution in [2.75, 3.05) is 0 Å². The molecule has 5 heteroatoms. The Hall–Kier alpha value is -3.47. The largest absolute Gasteiger partial charge is 0.350 e. The highest BCUT2D eigenvalue weighted by Crippen LogP contribution is 2.25. The van der Waals surface area contributed by atoms with Crippen molar-refractivity contribution in [3.8, 4) is 0 Å². The zero-order valence-corrected chi connectivity index (χ0v) is 18.6. The van der Waals surface area contributed by atoms with E-state index in [0.29, 0.717) is 19.4 Å². The van der Waals surface area contributed by atoms with Crippen molar-refractivity contribution >= 4 is 11.8 Å². The number of aryl methyl sites for hydroxylation is 1. The fraction of sp³-hybridized carbons (Fsp3) is 0.259. The van der Waals surface area contributed by atoms with Crippen molar-refractivity contribution in [2.45, 2.75) is 45.8 Å². The fourth-order valence-corrected chi connectivity index (χ4v) is 3.57. The molecule has 3 rings (SSSR count). The number of nitrogens with zero attached hydrogens (tertiary/aromatic N) is 1. The van der Waals surface area contributed by atoms with Crippen LogP contribution in [0, 0.1) is 12.7 Å². The molecule has 0 aliphatic rings. The Kier molecular flexibility index (Phi) is 8.14. The molecular formula is C27H29FN2O2. The number of carbonyl (C=O) groups is 2. The molecule has 0 aliphatic heterocycles. The minimum Gasteiger partial charge on any atom is -0.350 e. The van der Waals surface area contributed by atoms with Gasteiger partial charge in [0, 0.05) is 19.5 Å². The molecule has 1 atom stereocenters. The summed E-state index contributed by atoms with van der Waals surface area (Å²) in [6, 6.07) is 22.5. The maximum atomic E-state index is 13.4. The molecule has 0 saturated heterocycles. The quantitative estimate of drug-likeness (QED) is 0.497. The Balaban J connectivity index is 1.90. The second-order valence-electron chi connectivity index (χ2n) is 7.91. The van der Waals surface area contributed by atoms with Crippen LogP contribution in [-0.2, 0) is 22.7 Å². The monoisotopic (exact) mass is 432 g/mol. The van der Waals surface area contributed by atoms with Gasteiger partial charge in [0.15, 0.2) is 0 Å². The van der Waals surface area contributed by atoms with Gasteiger partial charge >= 0.3 is 0 Å². The molecule has 0 radical (unpaired) electrons. The summed E-state index contributed by atoms with van der Waals surface area (Å²) < 4.78 is 13.4. The van der Waals surface area contributed by atoms with Crippen LogP contribution in [0.4, 0.5) is 4.39 Å². The normalized spacial score (nSPS) is 11.6. The van der Waals surface area contributed by atoms with Crippen molar-refractivity contribution in [1.82, 2.24) is 10.2 Å². The summed E-state index contributed by atoms with van der Waals surface area (Å²) in [5.41, 5.74) is 3.64. The third-order valence-electron chi connectivity index (χ3n) is 5.31. The van der Waals surface area contributed by atoms with Crippen LogP contribution >= 0.6 is 0 Å². The topological polar surface area (TPSA) is 49.4 Å². The summed E-state index contributed by atoms with van der Waals surface area (Å²) >= 11 is 0. The van der Waals surface area contributed by atoms with Gasteiger partial charge in [-0.15, -0.1) is 0 Å². The van der Waals surface area contributed by atoms with Crippen LogP contribution in [0.25, 0.3) is 0 Å². The molecule has 0 unspecified atom stereocenters. The van der Waals surface area contributed by atoms with Gasteiger partial charge in [-0.05, 0) is 42.2 Å². The Bertz CT molecular complexity index is 1020. The number of amides is 2. The summed E-state index contributed by atoms with van der Waals surface area (Å²) in [6.45, 7) is 4.54. The molecule has 166 valence electrons. The average molecular weight is 433 g/mol. The van der Waals surface area contributed by atoms with Crippen LogP contribution in [0.1, 0.15) is 48.1 Å². The number of halogens is 1. The first-order chi connectivity index (χ1) is 15.5. The van der Waals surface area contributed by atoms with Gasteiger partial charge in [0.2, 0.25) is 11.8 Å². The van der Waals surface area contributed by atoms with Gasteiger partial charge in [0.25, 0.3) is 0 Å². The van der Waals surface area contributed by atoms with Crippen LogP contribution in [0.5, 0.6) is 0 Å². The summed E-state index contributed by atoms with van der Waals surface area (Å²) in [7, 11) is 0. The van der Waals surface area contributed by atoms with Gasteiger partial charge in [-0.2, -0.15) is 0 Å². The van der Waals surface area contributed by atoms with Crippen LogP contribution in [0.2, 0.25) is 0 Å². The number of benzene rings is 3. The third kappa shape index (κ3) is 6.27. The molecule has 1 N–H and O–H groups in total. The molecule has 0 bridgehead atoms. The third-order valence-corrected chi connectivity index (χ3v) is 5.31. The second-order valence-corrected chi connectivity index (χ2v) is 7.91. The summed E-state index contributed by atoms with van der Waals surface area (Å²) in [4.78, 5) is 28.1. The summed E-state index contributed by atoms with van der Waals surface area (Å²) in [5, 5.41) is 3.00. The van der Waals surface area contributed by atoms with Crippen LogP contribution in [0.3, 0.4) is 0 Å². The maximum absolute atomic E-state index is 13.4. The standard InChI is InChI=1S/C27H29FN2O2/c1-3-7-25(31)30(19-22-14-16-24(28)17-15-22)26(23-8-5-4-6-9-23)27(32)29-18-21-12-10-20(2)11-13-21/h4-6,8-17,26H,3,7,18-19H2,1-2H3,(H,29,32)/t26-/m0/s1. The first-order valence-electron chi connectivity index (χ1n) is 10.9. The van der Waals surface area contributed by atoms with Gasteiger partial charge in [-0.25, -0.2) is 4.39 Å². The predicted octanol–water partition coefficient (Wildman–Crippen LogP) is 5.32. The maximum Gasteiger partial charge on any atom is 0.247 e. The lowest BCUT2D eigenvalue weighted by Gasteiger charge is -2.31. The molecule has 3 aromatic rings. The molecule has 0 fully saturated rings. The molecular weight excluding hydrogens is 403 g/mol. The molecule has 4 nitrogen and oxygen atoms in total. The van der Waals surface area contributed by atoms with E-state index < -0.39 is 6.04 Å². The zero-order chi connectivity index (χ0) is 22.9. The summed E-state index contributed by atoms with van der Waals surface area (Å²) in [5.74, 6) is -0.699. The lowest BCUT2D eigenvalue weighted by atomic mass is 10.0. The fourth-order valence-electron chi connectivity index (χ4n) is 3.57. The number of hydrogen-bond donors (Lipinski definition) is 1. The Morgan fingerprint density at radius 3 is 2.16 bits per heavy atom. The highest BCUT2D eigenvalue weighted by atomic mass is 19.1. The molecule has 0 aliphatic carbocycles. The van der Waals surface area contributed by atoms with Crippen molar-refractivity contribution < 1.29 is 14.0 Å². The first-order valence-corrected chi connectivity index (χ1v) is 10.9. The van der Waals surface area contributed by atoms with Gasteiger partial charge < -0.3 is 10.2 Å². The minimum absolute atomic E-state index is 0.115. The first kappa shape index (κ1) is 23.2. The minimum atomic E-state index is -0.786. The van der Waals surface area contributed by atoms with Gasteiger partial charge in [-0.3, -0.25) is 9.59 Å². The molecule has 0 saturated carbocycles. The number of rotatable bonds is 9. The van der Waals surface area contributed by atoms with E-state index in [1.54, 1.807) is 17.0 Å². The van der Waals surface area contributed by atoms with Gasteiger partial charge in [0.05, 0.1) is 0 Å². The van der Waals surface area contributed by atoms with Crippen molar-refractivity contribution in [3.63, 3.8) is 0 Å². The highest BCUT2D eigenvalue weighted by molar-refractivity contribution is 5.88. The number of nitrogens with one attached hydrogen (secondary N) is 1. The smallest absolute Gasteiger partial charge is 0.247 e. The van der Waals surface area contributed by atoms with E-state index in [4.69, 9.17) is 0 Å². The van der Waals surface area contributed by atoms with E-state index in [0.717, 1.165) is 22.3 Å². The van der Waals surface area contributed by atoms with E-state index in [1.165, 1.54) is 12.1 Å². The molecule has 3 aromatic carbocycles. The van der Waals surface area contributed by atoms with Crippen LogP contribution in [0.15, 0.2) is 78.9 Å². The van der Waals surface area contributed by atoms with Crippen LogP contribution < -0.4 is 5.32 Å². The van der Waals surface area contributed by atoms with E-state index in [2.05, 4.69) is 5.32 Å². The van der Waals surface area contributed by atoms with Crippen molar-refractivity contribution in [2.24, 2.45) is 0 Å². The van der Waals surface area contributed by atoms with E-state index in [1.807, 2.05) is 68.4 Å². The van der Waals surface area contributed by atoms with Gasteiger partial charge in [0.1, 0.15) is 11.9 Å². The lowest BCUT2D eigenvalue weighted by molar-refractivity contribution is -0.141. The molecule has 2 amide bonds. The molecule has 0 spiro atoms. The Morgan fingerprint density at radius 2 is 1.53 bits per heavy atom. The predicted molar refractivity (Wildman–Crippen MR) is 124 cm³/mol. The van der Waals surface area contributed by atoms with Gasteiger partial charge in [-0.1, -0.05) is 79.2 Å². The summed E-state index contributed by atoms with van der Waals surface area (Å²) in [6.07, 6.45) is 1.00. The number of carbonyl (C=O) groups excluding carboxylic acids is 2. The lowest BCUT2D eigenvalue weighted by Crippen LogP contribution is -2.43. The van der Waals surface area contributed by atoms with E-state index in [-0.39, 0.29) is 24.2 Å². The number of hydrogen-bond acceptors (Lipinski definition) is 2. The van der Waals surface area contributed by atoms with Crippen molar-refractivity contribution in [3.05, 3.63) is 107 Å². The molecule has 0 aromatic heterocycles. The molecule has 32 heavy (non-hydrogen) atoms. The average Bonchev–Trinajstić information content (AvgIpc) is 2.80. The highest BCUT2D eigenvalue weighted by Gasteiger charge is 2.31. The SMILES string of the molecule is CCCC(=O)N(Cc1ccc(F)cc1)[C@H](C(=O)NCc1ccc(C)cc1)c1ccccc1. The Morgan fingerprint density at radius 1 is 0.906 bits per heavy atom. The van der Waals surface area contributed by atoms with E-state index in [9.17, 15) is 14.0 Å². The van der Waals surface area contributed by atoms with Crippen LogP contribution in [-0.4, -0.2) is 16.7 Å². The zero-order valence-electron chi connectivity index (χ0n) is 18.6. The Labute approximate surface area is 189 Å². The second kappa shape index (κ2) is 11.2.